The fraction of sp³-hybridized carbons (Fsp3) is 0.333. The smallest absolute Gasteiger partial charge is 0.269 e. The average Bonchev–Trinajstić information content (AvgIpc) is 2.93. The predicted molar refractivity (Wildman–Crippen MR) is 79.2 cm³/mol. The van der Waals surface area contributed by atoms with Gasteiger partial charge in [-0.25, -0.2) is 0 Å². The Labute approximate surface area is 127 Å². The summed E-state index contributed by atoms with van der Waals surface area (Å²) in [5, 5.41) is 33.4. The maximum Gasteiger partial charge on any atom is 0.269 e. The molecular formula is C15H18N2O5. The second-order valence-electron chi connectivity index (χ2n) is 4.99. The second kappa shape index (κ2) is 7.17. The van der Waals surface area contributed by atoms with Gasteiger partial charge in [-0.1, -0.05) is 0 Å². The van der Waals surface area contributed by atoms with Crippen LogP contribution in [-0.2, 0) is 6.54 Å². The number of benzene rings is 1. The number of aliphatic hydroxyl groups is 2. The maximum absolute atomic E-state index is 10.6. The molecule has 0 aliphatic carbocycles. The molecule has 0 bridgehead atoms. The number of aryl methyl sites for hydroxylation is 1. The highest BCUT2D eigenvalue weighted by Gasteiger charge is 2.21. The van der Waals surface area contributed by atoms with Crippen molar-refractivity contribution in [2.75, 3.05) is 6.61 Å². The zero-order valence-electron chi connectivity index (χ0n) is 12.1. The molecule has 3 N–H and O–H groups in total. The van der Waals surface area contributed by atoms with Crippen molar-refractivity contribution in [1.82, 2.24) is 5.32 Å². The van der Waals surface area contributed by atoms with Gasteiger partial charge in [-0.15, -0.1) is 0 Å². The van der Waals surface area contributed by atoms with Gasteiger partial charge in [0.05, 0.1) is 36.5 Å². The molecule has 7 nitrogen and oxygen atoms in total. The summed E-state index contributed by atoms with van der Waals surface area (Å²) >= 11 is 0. The number of aliphatic hydroxyl groups excluding tert-OH is 2. The lowest BCUT2D eigenvalue weighted by molar-refractivity contribution is -0.384. The van der Waals surface area contributed by atoms with Gasteiger partial charge in [0.1, 0.15) is 5.76 Å². The van der Waals surface area contributed by atoms with Crippen molar-refractivity contribution in [3.63, 3.8) is 0 Å². The molecule has 22 heavy (non-hydrogen) atoms. The maximum atomic E-state index is 10.6. The molecule has 0 saturated carbocycles. The Balaban J connectivity index is 2.03. The van der Waals surface area contributed by atoms with E-state index in [1.54, 1.807) is 6.26 Å². The van der Waals surface area contributed by atoms with Crippen molar-refractivity contribution in [3.8, 4) is 0 Å². The van der Waals surface area contributed by atoms with E-state index in [-0.39, 0.29) is 12.3 Å². The lowest BCUT2D eigenvalue weighted by Gasteiger charge is -2.22. The van der Waals surface area contributed by atoms with Gasteiger partial charge < -0.3 is 19.9 Å². The van der Waals surface area contributed by atoms with E-state index in [0.29, 0.717) is 12.1 Å². The number of nitro groups is 1. The topological polar surface area (TPSA) is 109 Å². The highest BCUT2D eigenvalue weighted by Crippen LogP contribution is 2.21. The minimum Gasteiger partial charge on any atom is -0.468 e. The van der Waals surface area contributed by atoms with Crippen LogP contribution in [0.15, 0.2) is 41.0 Å². The molecule has 2 aromatic rings. The fourth-order valence-electron chi connectivity index (χ4n) is 2.11. The number of hydrogen-bond acceptors (Lipinski definition) is 6. The monoisotopic (exact) mass is 306 g/mol. The number of rotatable bonds is 7. The first-order valence-electron chi connectivity index (χ1n) is 6.82. The van der Waals surface area contributed by atoms with Gasteiger partial charge in [-0.3, -0.25) is 10.1 Å². The third kappa shape index (κ3) is 3.70. The molecule has 7 heteroatoms. The van der Waals surface area contributed by atoms with Crippen LogP contribution in [0, 0.1) is 17.0 Å². The summed E-state index contributed by atoms with van der Waals surface area (Å²) in [5.74, 6) is 0.731. The molecule has 0 aliphatic rings. The molecule has 1 heterocycles. The SMILES string of the molecule is Cc1ccoc1CN[C@@H](CO)[C@H](O)c1ccc([N+](=O)[O-])cc1. The molecular weight excluding hydrogens is 288 g/mol. The normalized spacial score (nSPS) is 13.8. The van der Waals surface area contributed by atoms with Gasteiger partial charge in [0.2, 0.25) is 0 Å². The third-order valence-electron chi connectivity index (χ3n) is 3.52. The van der Waals surface area contributed by atoms with E-state index in [2.05, 4.69) is 5.32 Å². The highest BCUT2D eigenvalue weighted by atomic mass is 16.6. The molecule has 0 spiro atoms. The van der Waals surface area contributed by atoms with Gasteiger partial charge in [-0.2, -0.15) is 0 Å². The van der Waals surface area contributed by atoms with Crippen LogP contribution in [0.4, 0.5) is 5.69 Å². The van der Waals surface area contributed by atoms with Crippen LogP contribution < -0.4 is 5.32 Å². The Morgan fingerprint density at radius 1 is 1.32 bits per heavy atom. The van der Waals surface area contributed by atoms with Crippen molar-refractivity contribution < 1.29 is 19.6 Å². The molecule has 0 aliphatic heterocycles. The van der Waals surface area contributed by atoms with Crippen LogP contribution in [0.5, 0.6) is 0 Å². The standard InChI is InChI=1S/C15H18N2O5/c1-10-6-7-22-14(10)8-16-13(9-18)15(19)11-2-4-12(5-3-11)17(20)21/h2-7,13,15-16,18-19H,8-9H2,1H3/t13-,15+/m0/s1. The van der Waals surface area contributed by atoms with Crippen molar-refractivity contribution in [3.05, 3.63) is 63.6 Å². The van der Waals surface area contributed by atoms with Crippen LogP contribution in [0.3, 0.4) is 0 Å². The van der Waals surface area contributed by atoms with Crippen LogP contribution in [-0.4, -0.2) is 27.8 Å². The molecule has 0 fully saturated rings. The Kier molecular flexibility index (Phi) is 5.26. The summed E-state index contributed by atoms with van der Waals surface area (Å²) in [6.45, 7) is 1.99. The van der Waals surface area contributed by atoms with E-state index in [9.17, 15) is 20.3 Å². The number of nitrogens with one attached hydrogen (secondary N) is 1. The molecule has 0 unspecified atom stereocenters. The Morgan fingerprint density at radius 2 is 2.00 bits per heavy atom. The largest absolute Gasteiger partial charge is 0.468 e. The summed E-state index contributed by atoms with van der Waals surface area (Å²) in [6, 6.07) is 6.83. The first-order chi connectivity index (χ1) is 10.5. The first-order valence-corrected chi connectivity index (χ1v) is 6.82. The Bertz CT molecular complexity index is 623. The lowest BCUT2D eigenvalue weighted by Crippen LogP contribution is -2.37. The molecule has 0 saturated heterocycles. The van der Waals surface area contributed by atoms with Crippen molar-refractivity contribution in [2.45, 2.75) is 25.6 Å². The number of furan rings is 1. The van der Waals surface area contributed by atoms with Gasteiger partial charge in [-0.05, 0) is 36.2 Å². The molecule has 118 valence electrons. The highest BCUT2D eigenvalue weighted by molar-refractivity contribution is 5.34. The predicted octanol–water partition coefficient (Wildman–Crippen LogP) is 1.68. The number of nitrogens with zero attached hydrogens (tertiary/aromatic N) is 1. The number of hydrogen-bond donors (Lipinski definition) is 3. The zero-order chi connectivity index (χ0) is 16.1. The first kappa shape index (κ1) is 16.2. The zero-order valence-corrected chi connectivity index (χ0v) is 12.1. The number of non-ortho nitro benzene ring substituents is 1. The van der Waals surface area contributed by atoms with Crippen LogP contribution in [0.25, 0.3) is 0 Å². The summed E-state index contributed by atoms with van der Waals surface area (Å²) < 4.78 is 5.29. The van der Waals surface area contributed by atoms with Gasteiger partial charge in [0, 0.05) is 12.1 Å². The minimum atomic E-state index is -0.985. The molecule has 1 aromatic carbocycles. The van der Waals surface area contributed by atoms with Gasteiger partial charge in [0.15, 0.2) is 0 Å². The molecule has 1 aromatic heterocycles. The second-order valence-corrected chi connectivity index (χ2v) is 4.99. The van der Waals surface area contributed by atoms with Gasteiger partial charge >= 0.3 is 0 Å². The molecule has 2 rings (SSSR count). The Morgan fingerprint density at radius 3 is 2.50 bits per heavy atom. The van der Waals surface area contributed by atoms with E-state index in [1.807, 2.05) is 13.0 Å². The summed E-state index contributed by atoms with van der Waals surface area (Å²) in [7, 11) is 0. The van der Waals surface area contributed by atoms with E-state index in [0.717, 1.165) is 11.3 Å². The van der Waals surface area contributed by atoms with Crippen molar-refractivity contribution >= 4 is 5.69 Å². The Hall–Kier alpha value is -2.22. The summed E-state index contributed by atoms with van der Waals surface area (Å²) in [5.41, 5.74) is 1.43. The lowest BCUT2D eigenvalue weighted by atomic mass is 10.0. The van der Waals surface area contributed by atoms with Gasteiger partial charge in [0.25, 0.3) is 5.69 Å². The molecule has 0 radical (unpaired) electrons. The van der Waals surface area contributed by atoms with E-state index in [1.165, 1.54) is 24.3 Å². The van der Waals surface area contributed by atoms with E-state index >= 15 is 0 Å². The minimum absolute atomic E-state index is 0.0457. The van der Waals surface area contributed by atoms with Crippen molar-refractivity contribution in [2.24, 2.45) is 0 Å². The van der Waals surface area contributed by atoms with E-state index in [4.69, 9.17) is 4.42 Å². The van der Waals surface area contributed by atoms with E-state index < -0.39 is 17.1 Å². The molecule has 0 amide bonds. The fourth-order valence-corrected chi connectivity index (χ4v) is 2.11. The number of nitro benzene ring substituents is 1. The van der Waals surface area contributed by atoms with Crippen LogP contribution >= 0.6 is 0 Å². The summed E-state index contributed by atoms with van der Waals surface area (Å²) in [4.78, 5) is 10.1. The average molecular weight is 306 g/mol. The summed E-state index contributed by atoms with van der Waals surface area (Å²) in [6.07, 6.45) is 0.591. The quantitative estimate of drug-likeness (QED) is 0.530. The van der Waals surface area contributed by atoms with Crippen LogP contribution in [0.1, 0.15) is 23.0 Å². The van der Waals surface area contributed by atoms with Crippen LogP contribution in [0.2, 0.25) is 0 Å². The third-order valence-corrected chi connectivity index (χ3v) is 3.52. The molecule has 2 atom stereocenters. The van der Waals surface area contributed by atoms with Crippen molar-refractivity contribution in [1.29, 1.82) is 0 Å².